The SMILES string of the molecule is CCc1noc(CC)c1CNC(=NC)NCc1ccc(C)s1.I. The molecule has 2 heterocycles. The van der Waals surface area contributed by atoms with Crippen LogP contribution in [0.15, 0.2) is 21.6 Å². The van der Waals surface area contributed by atoms with Crippen molar-refractivity contribution in [3.05, 3.63) is 38.9 Å². The molecule has 0 bridgehead atoms. The number of aryl methyl sites for hydroxylation is 3. The summed E-state index contributed by atoms with van der Waals surface area (Å²) in [5.41, 5.74) is 2.17. The highest BCUT2D eigenvalue weighted by Gasteiger charge is 2.13. The predicted octanol–water partition coefficient (Wildman–Crippen LogP) is 3.65. The standard InChI is InChI=1S/C16H24N4OS.HI/c1-5-14-13(15(6-2)21-20-14)10-19-16(17-4)18-9-12-8-7-11(3)22-12;/h7-8H,5-6,9-10H2,1-4H3,(H2,17,18,19);1H. The van der Waals surface area contributed by atoms with E-state index in [2.05, 4.69) is 53.7 Å². The number of halogens is 1. The fourth-order valence-corrected chi connectivity index (χ4v) is 3.11. The Morgan fingerprint density at radius 3 is 2.52 bits per heavy atom. The molecule has 0 spiro atoms. The van der Waals surface area contributed by atoms with Gasteiger partial charge in [0.2, 0.25) is 0 Å². The summed E-state index contributed by atoms with van der Waals surface area (Å²) >= 11 is 1.80. The van der Waals surface area contributed by atoms with Crippen LogP contribution in [0.2, 0.25) is 0 Å². The lowest BCUT2D eigenvalue weighted by Crippen LogP contribution is -2.36. The summed E-state index contributed by atoms with van der Waals surface area (Å²) in [6.07, 6.45) is 1.73. The van der Waals surface area contributed by atoms with E-state index in [0.717, 1.165) is 42.4 Å². The van der Waals surface area contributed by atoms with E-state index in [-0.39, 0.29) is 24.0 Å². The molecular weight excluding hydrogens is 423 g/mol. The number of hydrogen-bond donors (Lipinski definition) is 2. The topological polar surface area (TPSA) is 62.5 Å². The first-order valence-corrected chi connectivity index (χ1v) is 8.45. The summed E-state index contributed by atoms with van der Waals surface area (Å²) in [7, 11) is 1.78. The van der Waals surface area contributed by atoms with E-state index in [4.69, 9.17) is 4.52 Å². The number of rotatable bonds is 6. The van der Waals surface area contributed by atoms with Crippen LogP contribution >= 0.6 is 35.3 Å². The molecule has 2 N–H and O–H groups in total. The largest absolute Gasteiger partial charge is 0.361 e. The average Bonchev–Trinajstić information content (AvgIpc) is 3.13. The van der Waals surface area contributed by atoms with Crippen molar-refractivity contribution < 1.29 is 4.52 Å². The van der Waals surface area contributed by atoms with Crippen molar-refractivity contribution in [1.29, 1.82) is 0 Å². The highest BCUT2D eigenvalue weighted by atomic mass is 127. The van der Waals surface area contributed by atoms with E-state index in [1.807, 2.05) is 0 Å². The Morgan fingerprint density at radius 2 is 1.96 bits per heavy atom. The third-order valence-corrected chi connectivity index (χ3v) is 4.49. The van der Waals surface area contributed by atoms with Crippen LogP contribution in [0.4, 0.5) is 0 Å². The molecule has 0 aliphatic carbocycles. The van der Waals surface area contributed by atoms with Gasteiger partial charge in [-0.15, -0.1) is 35.3 Å². The van der Waals surface area contributed by atoms with Gasteiger partial charge in [0.1, 0.15) is 5.76 Å². The van der Waals surface area contributed by atoms with E-state index in [1.165, 1.54) is 9.75 Å². The molecule has 0 atom stereocenters. The quantitative estimate of drug-likeness (QED) is 0.403. The van der Waals surface area contributed by atoms with Crippen molar-refractivity contribution in [3.8, 4) is 0 Å². The summed E-state index contributed by atoms with van der Waals surface area (Å²) < 4.78 is 5.39. The summed E-state index contributed by atoms with van der Waals surface area (Å²) in [5.74, 6) is 1.74. The fraction of sp³-hybridized carbons (Fsp3) is 0.500. The van der Waals surface area contributed by atoms with E-state index in [1.54, 1.807) is 18.4 Å². The van der Waals surface area contributed by atoms with Crippen LogP contribution in [0.5, 0.6) is 0 Å². The molecule has 2 rings (SSSR count). The number of aromatic nitrogens is 1. The lowest BCUT2D eigenvalue weighted by Gasteiger charge is -2.11. The highest BCUT2D eigenvalue weighted by Crippen LogP contribution is 2.16. The first-order valence-electron chi connectivity index (χ1n) is 7.64. The molecule has 0 fully saturated rings. The fourth-order valence-electron chi connectivity index (χ4n) is 2.28. The number of nitrogens with one attached hydrogen (secondary N) is 2. The summed E-state index contributed by atoms with van der Waals surface area (Å²) in [6.45, 7) is 7.75. The minimum absolute atomic E-state index is 0. The molecule has 0 radical (unpaired) electrons. The molecule has 7 heteroatoms. The Labute approximate surface area is 159 Å². The van der Waals surface area contributed by atoms with Gasteiger partial charge >= 0.3 is 0 Å². The smallest absolute Gasteiger partial charge is 0.191 e. The minimum atomic E-state index is 0. The predicted molar refractivity (Wildman–Crippen MR) is 107 cm³/mol. The number of aliphatic imine (C=N–C) groups is 1. The molecule has 0 aliphatic heterocycles. The van der Waals surface area contributed by atoms with Gasteiger partial charge in [0.15, 0.2) is 5.96 Å². The lowest BCUT2D eigenvalue weighted by molar-refractivity contribution is 0.380. The summed E-state index contributed by atoms with van der Waals surface area (Å²) in [4.78, 5) is 6.89. The molecule has 128 valence electrons. The number of guanidine groups is 1. The number of hydrogen-bond acceptors (Lipinski definition) is 4. The second-order valence-electron chi connectivity index (χ2n) is 5.03. The van der Waals surface area contributed by atoms with Crippen molar-refractivity contribution in [3.63, 3.8) is 0 Å². The summed E-state index contributed by atoms with van der Waals surface area (Å²) in [5, 5.41) is 10.8. The monoisotopic (exact) mass is 448 g/mol. The minimum Gasteiger partial charge on any atom is -0.361 e. The molecule has 0 saturated carbocycles. The average molecular weight is 448 g/mol. The zero-order chi connectivity index (χ0) is 15.9. The maximum atomic E-state index is 5.39. The van der Waals surface area contributed by atoms with Crippen molar-refractivity contribution >= 4 is 41.3 Å². The molecule has 0 aromatic carbocycles. The summed E-state index contributed by atoms with van der Waals surface area (Å²) in [6, 6.07) is 4.28. The second-order valence-corrected chi connectivity index (χ2v) is 6.40. The van der Waals surface area contributed by atoms with Gasteiger partial charge in [-0.25, -0.2) is 0 Å². The lowest BCUT2D eigenvalue weighted by atomic mass is 10.1. The molecule has 0 unspecified atom stereocenters. The highest BCUT2D eigenvalue weighted by molar-refractivity contribution is 14.0. The van der Waals surface area contributed by atoms with Gasteiger partial charge in [0.25, 0.3) is 0 Å². The van der Waals surface area contributed by atoms with Crippen molar-refractivity contribution in [2.45, 2.75) is 46.7 Å². The first-order chi connectivity index (χ1) is 10.7. The van der Waals surface area contributed by atoms with Crippen LogP contribution in [0.1, 0.15) is 40.6 Å². The molecule has 2 aromatic rings. The number of thiophene rings is 1. The molecular formula is C16H25IN4OS. The zero-order valence-corrected chi connectivity index (χ0v) is 17.2. The third kappa shape index (κ3) is 5.49. The van der Waals surface area contributed by atoms with Gasteiger partial charge in [-0.1, -0.05) is 19.0 Å². The van der Waals surface area contributed by atoms with Gasteiger partial charge in [-0.3, -0.25) is 4.99 Å². The Morgan fingerprint density at radius 1 is 1.22 bits per heavy atom. The van der Waals surface area contributed by atoms with Crippen LogP contribution in [0.3, 0.4) is 0 Å². The van der Waals surface area contributed by atoms with Crippen molar-refractivity contribution in [2.75, 3.05) is 7.05 Å². The van der Waals surface area contributed by atoms with Gasteiger partial charge < -0.3 is 15.2 Å². The van der Waals surface area contributed by atoms with Crippen LogP contribution in [-0.2, 0) is 25.9 Å². The van der Waals surface area contributed by atoms with Crippen molar-refractivity contribution in [2.24, 2.45) is 4.99 Å². The molecule has 0 saturated heterocycles. The van der Waals surface area contributed by atoms with Crippen LogP contribution < -0.4 is 10.6 Å². The van der Waals surface area contributed by atoms with Crippen LogP contribution in [0, 0.1) is 6.92 Å². The molecule has 5 nitrogen and oxygen atoms in total. The third-order valence-electron chi connectivity index (χ3n) is 3.49. The van der Waals surface area contributed by atoms with Crippen LogP contribution in [0.25, 0.3) is 0 Å². The molecule has 2 aromatic heterocycles. The maximum Gasteiger partial charge on any atom is 0.191 e. The Hall–Kier alpha value is -1.09. The zero-order valence-electron chi connectivity index (χ0n) is 14.1. The number of nitrogens with zero attached hydrogens (tertiary/aromatic N) is 2. The van der Waals surface area contributed by atoms with Crippen molar-refractivity contribution in [1.82, 2.24) is 15.8 Å². The van der Waals surface area contributed by atoms with E-state index >= 15 is 0 Å². The van der Waals surface area contributed by atoms with E-state index in [9.17, 15) is 0 Å². The van der Waals surface area contributed by atoms with E-state index in [0.29, 0.717) is 6.54 Å². The first kappa shape index (κ1) is 20.0. The van der Waals surface area contributed by atoms with Gasteiger partial charge in [0, 0.05) is 35.3 Å². The normalized spacial score (nSPS) is 11.2. The van der Waals surface area contributed by atoms with Gasteiger partial charge in [-0.05, 0) is 25.5 Å². The van der Waals surface area contributed by atoms with E-state index < -0.39 is 0 Å². The van der Waals surface area contributed by atoms with Crippen LogP contribution in [-0.4, -0.2) is 18.2 Å². The Bertz CT molecular complexity index is 614. The van der Waals surface area contributed by atoms with Gasteiger partial charge in [-0.2, -0.15) is 0 Å². The molecule has 23 heavy (non-hydrogen) atoms. The second kappa shape index (κ2) is 9.92. The molecule has 0 amide bonds. The molecule has 0 aliphatic rings. The Balaban J connectivity index is 0.00000264. The van der Waals surface area contributed by atoms with Gasteiger partial charge in [0.05, 0.1) is 12.2 Å². The Kier molecular flexibility index (Phi) is 8.60. The maximum absolute atomic E-state index is 5.39.